The van der Waals surface area contributed by atoms with Gasteiger partial charge in [0.25, 0.3) is 5.91 Å². The Bertz CT molecular complexity index is 633. The molecule has 0 bridgehead atoms. The molecule has 0 spiro atoms. The molecule has 21 heavy (non-hydrogen) atoms. The third kappa shape index (κ3) is 3.76. The third-order valence-electron chi connectivity index (χ3n) is 2.83. The van der Waals surface area contributed by atoms with Gasteiger partial charge in [0.05, 0.1) is 5.56 Å². The fourth-order valence-electron chi connectivity index (χ4n) is 1.86. The molecule has 0 atom stereocenters. The molecule has 0 aliphatic rings. The molecule has 0 unspecified atom stereocenters. The summed E-state index contributed by atoms with van der Waals surface area (Å²) in [6.07, 6.45) is 0. The average Bonchev–Trinajstić information content (AvgIpc) is 2.47. The molecule has 0 radical (unpaired) electrons. The molecule has 0 saturated carbocycles. The second kappa shape index (κ2) is 6.81. The average molecular weight is 292 g/mol. The molecule has 1 amide bonds. The maximum Gasteiger partial charge on any atom is 0.387 e. The number of anilines is 1. The van der Waals surface area contributed by atoms with Gasteiger partial charge in [0.1, 0.15) is 5.75 Å². The number of ether oxygens (including phenoxy) is 1. The summed E-state index contributed by atoms with van der Waals surface area (Å²) in [5, 5.41) is 2.65. The first-order chi connectivity index (χ1) is 10.1. The van der Waals surface area contributed by atoms with Gasteiger partial charge in [-0.3, -0.25) is 4.79 Å². The van der Waals surface area contributed by atoms with E-state index >= 15 is 0 Å². The number of para-hydroxylation sites is 2. The summed E-state index contributed by atoms with van der Waals surface area (Å²) in [6.45, 7) is -2.73. The van der Waals surface area contributed by atoms with Gasteiger partial charge in [-0.2, -0.15) is 8.78 Å². The molecular formula is C15H14F2N2O2. The molecule has 2 rings (SSSR count). The van der Waals surface area contributed by atoms with E-state index in [1.807, 2.05) is 0 Å². The van der Waals surface area contributed by atoms with Crippen LogP contribution in [0.2, 0.25) is 0 Å². The topological polar surface area (TPSA) is 64.3 Å². The van der Waals surface area contributed by atoms with Crippen molar-refractivity contribution in [3.63, 3.8) is 0 Å². The van der Waals surface area contributed by atoms with Crippen molar-refractivity contribution in [2.45, 2.75) is 13.2 Å². The number of hydrogen-bond donors (Lipinski definition) is 2. The summed E-state index contributed by atoms with van der Waals surface area (Å²) in [7, 11) is 0. The van der Waals surface area contributed by atoms with Crippen LogP contribution >= 0.6 is 0 Å². The van der Waals surface area contributed by atoms with Crippen LogP contribution in [0.25, 0.3) is 0 Å². The van der Waals surface area contributed by atoms with E-state index in [1.165, 1.54) is 18.2 Å². The van der Waals surface area contributed by atoms with E-state index in [1.54, 1.807) is 30.3 Å². The van der Waals surface area contributed by atoms with E-state index in [4.69, 9.17) is 5.73 Å². The van der Waals surface area contributed by atoms with Gasteiger partial charge in [0.2, 0.25) is 0 Å². The van der Waals surface area contributed by atoms with Crippen LogP contribution in [0.5, 0.6) is 5.75 Å². The van der Waals surface area contributed by atoms with Gasteiger partial charge >= 0.3 is 6.61 Å². The Labute approximate surface area is 120 Å². The van der Waals surface area contributed by atoms with E-state index in [0.29, 0.717) is 5.69 Å². The maximum absolute atomic E-state index is 12.3. The molecule has 0 aliphatic heterocycles. The minimum Gasteiger partial charge on any atom is -0.434 e. The fourth-order valence-corrected chi connectivity index (χ4v) is 1.86. The van der Waals surface area contributed by atoms with Gasteiger partial charge < -0.3 is 15.8 Å². The molecule has 4 nitrogen and oxygen atoms in total. The highest BCUT2D eigenvalue weighted by molar-refractivity contribution is 6.06. The highest BCUT2D eigenvalue weighted by Crippen LogP contribution is 2.22. The molecule has 110 valence electrons. The van der Waals surface area contributed by atoms with Crippen LogP contribution in [0.4, 0.5) is 14.5 Å². The van der Waals surface area contributed by atoms with Gasteiger partial charge in [0.15, 0.2) is 0 Å². The van der Waals surface area contributed by atoms with Crippen LogP contribution in [0.15, 0.2) is 48.5 Å². The highest BCUT2D eigenvalue weighted by Gasteiger charge is 2.16. The van der Waals surface area contributed by atoms with Crippen molar-refractivity contribution in [3.8, 4) is 5.75 Å². The minimum atomic E-state index is -2.99. The monoisotopic (exact) mass is 292 g/mol. The Hall–Kier alpha value is -2.47. The number of hydrogen-bond acceptors (Lipinski definition) is 3. The number of amides is 1. The van der Waals surface area contributed by atoms with Crippen LogP contribution in [-0.2, 0) is 6.54 Å². The van der Waals surface area contributed by atoms with E-state index in [9.17, 15) is 13.6 Å². The molecule has 2 aromatic carbocycles. The Morgan fingerprint density at radius 1 is 1.14 bits per heavy atom. The Morgan fingerprint density at radius 3 is 2.52 bits per heavy atom. The van der Waals surface area contributed by atoms with Crippen molar-refractivity contribution >= 4 is 11.6 Å². The van der Waals surface area contributed by atoms with Gasteiger partial charge in [-0.05, 0) is 23.8 Å². The predicted octanol–water partition coefficient (Wildman–Crippen LogP) is 3.00. The molecular weight excluding hydrogens is 278 g/mol. The first-order valence-corrected chi connectivity index (χ1v) is 6.25. The fraction of sp³-hybridized carbons (Fsp3) is 0.133. The molecule has 0 fully saturated rings. The van der Waals surface area contributed by atoms with E-state index in [0.717, 1.165) is 5.56 Å². The minimum absolute atomic E-state index is 0.0321. The Balaban J connectivity index is 2.24. The smallest absolute Gasteiger partial charge is 0.387 e. The number of halogens is 2. The van der Waals surface area contributed by atoms with Crippen molar-refractivity contribution in [1.82, 2.24) is 0 Å². The van der Waals surface area contributed by atoms with Crippen LogP contribution in [0.3, 0.4) is 0 Å². The number of nitrogens with two attached hydrogens (primary N) is 1. The Morgan fingerprint density at radius 2 is 1.81 bits per heavy atom. The van der Waals surface area contributed by atoms with Crippen LogP contribution in [0, 0.1) is 0 Å². The maximum atomic E-state index is 12.3. The lowest BCUT2D eigenvalue weighted by Gasteiger charge is -2.12. The predicted molar refractivity (Wildman–Crippen MR) is 75.4 cm³/mol. The van der Waals surface area contributed by atoms with E-state index in [-0.39, 0.29) is 17.9 Å². The van der Waals surface area contributed by atoms with Gasteiger partial charge in [-0.1, -0.05) is 30.3 Å². The lowest BCUT2D eigenvalue weighted by Crippen LogP contribution is -2.16. The molecule has 0 saturated heterocycles. The first-order valence-electron chi connectivity index (χ1n) is 6.25. The molecule has 0 aromatic heterocycles. The summed E-state index contributed by atoms with van der Waals surface area (Å²) in [6, 6.07) is 12.8. The van der Waals surface area contributed by atoms with Crippen molar-refractivity contribution in [1.29, 1.82) is 0 Å². The standard InChI is InChI=1S/C15H14F2N2O2/c16-15(17)21-13-8-4-2-6-11(13)14(20)19-12-7-3-1-5-10(12)9-18/h1-8,15H,9,18H2,(H,19,20). The van der Waals surface area contributed by atoms with E-state index in [2.05, 4.69) is 10.1 Å². The molecule has 2 aromatic rings. The largest absolute Gasteiger partial charge is 0.434 e. The first kappa shape index (κ1) is 14.9. The van der Waals surface area contributed by atoms with Crippen LogP contribution < -0.4 is 15.8 Å². The second-order valence-electron chi connectivity index (χ2n) is 4.19. The number of carbonyl (C=O) groups is 1. The summed E-state index contributed by atoms with van der Waals surface area (Å²) in [5.74, 6) is -0.706. The number of carbonyl (C=O) groups excluding carboxylic acids is 1. The molecule has 0 aliphatic carbocycles. The second-order valence-corrected chi connectivity index (χ2v) is 4.19. The summed E-state index contributed by atoms with van der Waals surface area (Å²) in [4.78, 5) is 12.2. The lowest BCUT2D eigenvalue weighted by atomic mass is 10.1. The zero-order valence-corrected chi connectivity index (χ0v) is 11.1. The van der Waals surface area contributed by atoms with Crippen LogP contribution in [-0.4, -0.2) is 12.5 Å². The number of alkyl halides is 2. The SMILES string of the molecule is NCc1ccccc1NC(=O)c1ccccc1OC(F)F. The van der Waals surface area contributed by atoms with Gasteiger partial charge in [-0.15, -0.1) is 0 Å². The quantitative estimate of drug-likeness (QED) is 0.890. The van der Waals surface area contributed by atoms with Crippen molar-refractivity contribution in [2.24, 2.45) is 5.73 Å². The zero-order valence-electron chi connectivity index (χ0n) is 11.1. The number of nitrogens with one attached hydrogen (secondary N) is 1. The summed E-state index contributed by atoms with van der Waals surface area (Å²) < 4.78 is 29.0. The Kier molecular flexibility index (Phi) is 4.84. The normalized spacial score (nSPS) is 10.5. The van der Waals surface area contributed by atoms with E-state index < -0.39 is 12.5 Å². The molecule has 0 heterocycles. The van der Waals surface area contributed by atoms with Crippen molar-refractivity contribution in [2.75, 3.05) is 5.32 Å². The zero-order chi connectivity index (χ0) is 15.2. The van der Waals surface area contributed by atoms with Gasteiger partial charge in [-0.25, -0.2) is 0 Å². The molecule has 6 heteroatoms. The number of rotatable bonds is 5. The third-order valence-corrected chi connectivity index (χ3v) is 2.83. The van der Waals surface area contributed by atoms with Crippen molar-refractivity contribution in [3.05, 3.63) is 59.7 Å². The summed E-state index contributed by atoms with van der Waals surface area (Å²) in [5.41, 5.74) is 6.90. The van der Waals surface area contributed by atoms with Gasteiger partial charge in [0, 0.05) is 12.2 Å². The van der Waals surface area contributed by atoms with Crippen LogP contribution in [0.1, 0.15) is 15.9 Å². The molecule has 3 N–H and O–H groups in total. The lowest BCUT2D eigenvalue weighted by molar-refractivity contribution is -0.0501. The highest BCUT2D eigenvalue weighted by atomic mass is 19.3. The number of benzene rings is 2. The van der Waals surface area contributed by atoms with Crippen molar-refractivity contribution < 1.29 is 18.3 Å². The summed E-state index contributed by atoms with van der Waals surface area (Å²) >= 11 is 0.